The lowest BCUT2D eigenvalue weighted by Crippen LogP contribution is -2.25. The van der Waals surface area contributed by atoms with E-state index in [1.54, 1.807) is 12.3 Å². The number of halogens is 4. The molecule has 7 heteroatoms. The highest BCUT2D eigenvalue weighted by Gasteiger charge is 2.28. The Kier molecular flexibility index (Phi) is 6.55. The van der Waals surface area contributed by atoms with Crippen LogP contribution in [0.3, 0.4) is 0 Å². The van der Waals surface area contributed by atoms with E-state index in [9.17, 15) is 13.2 Å². The van der Waals surface area contributed by atoms with E-state index < -0.39 is 12.8 Å². The van der Waals surface area contributed by atoms with Crippen molar-refractivity contribution in [2.24, 2.45) is 0 Å². The van der Waals surface area contributed by atoms with Crippen LogP contribution in [0.1, 0.15) is 31.2 Å². The van der Waals surface area contributed by atoms with Gasteiger partial charge in [0.25, 0.3) is 0 Å². The van der Waals surface area contributed by atoms with E-state index in [0.29, 0.717) is 12.6 Å². The summed E-state index contributed by atoms with van der Waals surface area (Å²) in [6, 6.07) is 3.76. The number of hydrogen-bond acceptors (Lipinski definition) is 3. The van der Waals surface area contributed by atoms with E-state index in [2.05, 4.69) is 15.0 Å². The quantitative estimate of drug-likeness (QED) is 0.904. The van der Waals surface area contributed by atoms with Crippen LogP contribution in [0.2, 0.25) is 0 Å². The standard InChI is InChI=1S/C13H17F3N2O.ClH/c14-13(15,16)9-19-12-6-5-10(8-18-12)7-17-11-3-1-2-4-11;/h5-6,8,11,17H,1-4,7,9H2;1H. The molecule has 0 bridgehead atoms. The van der Waals surface area contributed by atoms with Gasteiger partial charge in [0.1, 0.15) is 0 Å². The number of nitrogens with zero attached hydrogens (tertiary/aromatic N) is 1. The first-order valence-corrected chi connectivity index (χ1v) is 6.41. The van der Waals surface area contributed by atoms with E-state index in [1.807, 2.05) is 0 Å². The number of ether oxygens (including phenoxy) is 1. The van der Waals surface area contributed by atoms with Crippen molar-refractivity contribution in [1.29, 1.82) is 0 Å². The molecule has 0 amide bonds. The molecule has 20 heavy (non-hydrogen) atoms. The highest BCUT2D eigenvalue weighted by Crippen LogP contribution is 2.19. The minimum atomic E-state index is -4.33. The SMILES string of the molecule is Cl.FC(F)(F)COc1ccc(CNC2CCCC2)cn1. The normalized spacial score (nSPS) is 15.9. The molecule has 3 nitrogen and oxygen atoms in total. The molecule has 2 rings (SSSR count). The maximum atomic E-state index is 12.0. The van der Waals surface area contributed by atoms with Gasteiger partial charge in [0.2, 0.25) is 5.88 Å². The first-order valence-electron chi connectivity index (χ1n) is 6.41. The second-order valence-electron chi connectivity index (χ2n) is 4.77. The van der Waals surface area contributed by atoms with Crippen LogP contribution in [0, 0.1) is 0 Å². The molecule has 1 aliphatic rings. The third kappa shape index (κ3) is 5.96. The number of hydrogen-bond donors (Lipinski definition) is 1. The molecule has 0 atom stereocenters. The summed E-state index contributed by atoms with van der Waals surface area (Å²) >= 11 is 0. The summed E-state index contributed by atoms with van der Waals surface area (Å²) in [7, 11) is 0. The third-order valence-electron chi connectivity index (χ3n) is 3.13. The molecule has 1 heterocycles. The summed E-state index contributed by atoms with van der Waals surface area (Å²) in [5.41, 5.74) is 0.950. The Bertz CT molecular complexity index is 392. The molecular weight excluding hydrogens is 293 g/mol. The third-order valence-corrected chi connectivity index (χ3v) is 3.13. The average Bonchev–Trinajstić information content (AvgIpc) is 2.87. The van der Waals surface area contributed by atoms with Crippen LogP contribution >= 0.6 is 12.4 Å². The van der Waals surface area contributed by atoms with Crippen molar-refractivity contribution in [2.45, 2.75) is 44.4 Å². The predicted octanol–water partition coefficient (Wildman–Crippen LogP) is 3.48. The Hall–Kier alpha value is -1.01. The van der Waals surface area contributed by atoms with Crippen LogP contribution in [0.5, 0.6) is 5.88 Å². The minimum absolute atomic E-state index is 0. The van der Waals surface area contributed by atoms with Gasteiger partial charge in [-0.25, -0.2) is 4.98 Å². The fourth-order valence-corrected chi connectivity index (χ4v) is 2.15. The van der Waals surface area contributed by atoms with Crippen LogP contribution < -0.4 is 10.1 Å². The molecule has 1 fully saturated rings. The Morgan fingerprint density at radius 2 is 1.95 bits per heavy atom. The minimum Gasteiger partial charge on any atom is -0.468 e. The summed E-state index contributed by atoms with van der Waals surface area (Å²) < 4.78 is 40.4. The predicted molar refractivity (Wildman–Crippen MR) is 72.1 cm³/mol. The fraction of sp³-hybridized carbons (Fsp3) is 0.615. The van der Waals surface area contributed by atoms with Crippen molar-refractivity contribution in [1.82, 2.24) is 10.3 Å². The zero-order valence-electron chi connectivity index (χ0n) is 10.9. The van der Waals surface area contributed by atoms with Gasteiger partial charge >= 0.3 is 6.18 Å². The van der Waals surface area contributed by atoms with E-state index in [0.717, 1.165) is 5.56 Å². The number of nitrogens with one attached hydrogen (secondary N) is 1. The summed E-state index contributed by atoms with van der Waals surface area (Å²) in [6.45, 7) is -0.614. The summed E-state index contributed by atoms with van der Waals surface area (Å²) in [5, 5.41) is 3.41. The Balaban J connectivity index is 0.00000200. The molecule has 114 valence electrons. The molecule has 0 unspecified atom stereocenters. The van der Waals surface area contributed by atoms with Gasteiger partial charge < -0.3 is 10.1 Å². The van der Waals surface area contributed by atoms with Gasteiger partial charge in [-0.2, -0.15) is 13.2 Å². The van der Waals surface area contributed by atoms with E-state index >= 15 is 0 Å². The first-order chi connectivity index (χ1) is 9.03. The van der Waals surface area contributed by atoms with Gasteiger partial charge in [0, 0.05) is 24.8 Å². The molecule has 0 radical (unpaired) electrons. The average molecular weight is 311 g/mol. The maximum Gasteiger partial charge on any atom is 0.422 e. The molecule has 1 aromatic rings. The molecule has 1 aliphatic carbocycles. The van der Waals surface area contributed by atoms with Gasteiger partial charge in [-0.1, -0.05) is 18.9 Å². The lowest BCUT2D eigenvalue weighted by molar-refractivity contribution is -0.154. The van der Waals surface area contributed by atoms with Crippen LogP contribution in [0.15, 0.2) is 18.3 Å². The molecule has 0 aliphatic heterocycles. The Morgan fingerprint density at radius 3 is 2.50 bits per heavy atom. The van der Waals surface area contributed by atoms with Crippen molar-refractivity contribution in [3.63, 3.8) is 0 Å². The molecule has 1 saturated carbocycles. The van der Waals surface area contributed by atoms with Gasteiger partial charge in [0.15, 0.2) is 6.61 Å². The highest BCUT2D eigenvalue weighted by molar-refractivity contribution is 5.85. The van der Waals surface area contributed by atoms with Gasteiger partial charge in [-0.15, -0.1) is 12.4 Å². The van der Waals surface area contributed by atoms with Gasteiger partial charge in [-0.05, 0) is 18.4 Å². The zero-order valence-corrected chi connectivity index (χ0v) is 11.8. The zero-order chi connectivity index (χ0) is 13.7. The van der Waals surface area contributed by atoms with Crippen molar-refractivity contribution >= 4 is 12.4 Å². The number of aromatic nitrogens is 1. The second kappa shape index (κ2) is 7.69. The van der Waals surface area contributed by atoms with E-state index in [4.69, 9.17) is 0 Å². The second-order valence-corrected chi connectivity index (χ2v) is 4.77. The number of alkyl halides is 3. The topological polar surface area (TPSA) is 34.1 Å². The van der Waals surface area contributed by atoms with Crippen molar-refractivity contribution < 1.29 is 17.9 Å². The molecule has 0 aromatic carbocycles. The lowest BCUT2D eigenvalue weighted by Gasteiger charge is -2.12. The van der Waals surface area contributed by atoms with Crippen LogP contribution in [-0.4, -0.2) is 23.8 Å². The summed E-state index contributed by atoms with van der Waals surface area (Å²) in [5.74, 6) is 0.00180. The lowest BCUT2D eigenvalue weighted by atomic mass is 10.2. The summed E-state index contributed by atoms with van der Waals surface area (Å²) in [6.07, 6.45) is 2.14. The van der Waals surface area contributed by atoms with E-state index in [1.165, 1.54) is 31.7 Å². The molecular formula is C13H18ClF3N2O. The van der Waals surface area contributed by atoms with Crippen molar-refractivity contribution in [3.05, 3.63) is 23.9 Å². The summed E-state index contributed by atoms with van der Waals surface area (Å²) in [4.78, 5) is 3.86. The smallest absolute Gasteiger partial charge is 0.422 e. The highest BCUT2D eigenvalue weighted by atomic mass is 35.5. The van der Waals surface area contributed by atoms with Crippen LogP contribution in [0.4, 0.5) is 13.2 Å². The Morgan fingerprint density at radius 1 is 1.25 bits per heavy atom. The van der Waals surface area contributed by atoms with Crippen molar-refractivity contribution in [3.8, 4) is 5.88 Å². The number of pyridine rings is 1. The number of rotatable bonds is 5. The van der Waals surface area contributed by atoms with Gasteiger partial charge in [-0.3, -0.25) is 0 Å². The molecule has 1 aromatic heterocycles. The molecule has 0 spiro atoms. The van der Waals surface area contributed by atoms with Crippen LogP contribution in [0.25, 0.3) is 0 Å². The molecule has 0 saturated heterocycles. The monoisotopic (exact) mass is 310 g/mol. The van der Waals surface area contributed by atoms with Crippen molar-refractivity contribution in [2.75, 3.05) is 6.61 Å². The largest absolute Gasteiger partial charge is 0.468 e. The van der Waals surface area contributed by atoms with Crippen LogP contribution in [-0.2, 0) is 6.54 Å². The Labute approximate surface area is 122 Å². The maximum absolute atomic E-state index is 12.0. The molecule has 1 N–H and O–H groups in total. The fourth-order valence-electron chi connectivity index (χ4n) is 2.15. The first kappa shape index (κ1) is 17.0. The van der Waals surface area contributed by atoms with E-state index in [-0.39, 0.29) is 18.3 Å². The van der Waals surface area contributed by atoms with Gasteiger partial charge in [0.05, 0.1) is 0 Å².